The minimum atomic E-state index is 0.479. The van der Waals surface area contributed by atoms with Crippen molar-refractivity contribution in [3.05, 3.63) is 70.8 Å². The molecule has 2 unspecified atom stereocenters. The molecule has 0 spiro atoms. The Hall–Kier alpha value is -1.60. The van der Waals surface area contributed by atoms with E-state index in [0.29, 0.717) is 12.0 Å². The van der Waals surface area contributed by atoms with Crippen LogP contribution in [-0.4, -0.2) is 13.1 Å². The Morgan fingerprint density at radius 2 is 1.76 bits per heavy atom. The highest BCUT2D eigenvalue weighted by Crippen LogP contribution is 2.26. The first-order valence-electron chi connectivity index (χ1n) is 8.11. The average Bonchev–Trinajstić information content (AvgIpc) is 3.00. The number of nitrogens with one attached hydrogen (secondary N) is 1. The number of hydrogen-bond donors (Lipinski definition) is 1. The highest BCUT2D eigenvalue weighted by Gasteiger charge is 2.18. The van der Waals surface area contributed by atoms with Gasteiger partial charge in [0.25, 0.3) is 0 Å². The maximum Gasteiger partial charge on any atom is 0.0170 e. The van der Waals surface area contributed by atoms with E-state index in [4.69, 9.17) is 0 Å². The van der Waals surface area contributed by atoms with Crippen LogP contribution in [0.1, 0.15) is 41.5 Å². The Bertz CT molecular complexity index is 588. The van der Waals surface area contributed by atoms with E-state index in [1.807, 2.05) is 0 Å². The lowest BCUT2D eigenvalue weighted by Gasteiger charge is -2.24. The van der Waals surface area contributed by atoms with Crippen molar-refractivity contribution in [2.24, 2.45) is 0 Å². The van der Waals surface area contributed by atoms with Gasteiger partial charge in [-0.25, -0.2) is 0 Å². The molecule has 1 heteroatoms. The number of fused-ring (bicyclic) bond motifs is 1. The lowest BCUT2D eigenvalue weighted by Crippen LogP contribution is -2.33. The summed E-state index contributed by atoms with van der Waals surface area (Å²) in [5, 5.41) is 3.52. The average molecular weight is 279 g/mol. The predicted molar refractivity (Wildman–Crippen MR) is 89.9 cm³/mol. The van der Waals surface area contributed by atoms with Crippen LogP contribution < -0.4 is 5.32 Å². The fraction of sp³-hybridized carbons (Fsp3) is 0.400. The third kappa shape index (κ3) is 3.19. The largest absolute Gasteiger partial charge is 0.316 e. The van der Waals surface area contributed by atoms with Gasteiger partial charge in [0.1, 0.15) is 0 Å². The van der Waals surface area contributed by atoms with Gasteiger partial charge in [-0.3, -0.25) is 0 Å². The second-order valence-corrected chi connectivity index (χ2v) is 6.26. The van der Waals surface area contributed by atoms with Crippen LogP contribution in [0.25, 0.3) is 0 Å². The van der Waals surface area contributed by atoms with E-state index in [-0.39, 0.29) is 0 Å². The van der Waals surface area contributed by atoms with Gasteiger partial charge in [-0.2, -0.15) is 0 Å². The molecule has 0 amide bonds. The highest BCUT2D eigenvalue weighted by atomic mass is 14.9. The number of aryl methyl sites for hydroxylation is 2. The Morgan fingerprint density at radius 3 is 2.52 bits per heavy atom. The molecule has 1 aliphatic carbocycles. The van der Waals surface area contributed by atoms with E-state index in [0.717, 1.165) is 6.42 Å². The molecule has 1 nitrogen and oxygen atoms in total. The van der Waals surface area contributed by atoms with Crippen LogP contribution in [-0.2, 0) is 19.3 Å². The molecule has 1 aliphatic rings. The third-order valence-electron chi connectivity index (χ3n) is 4.92. The minimum absolute atomic E-state index is 0.479. The molecule has 2 aromatic rings. The van der Waals surface area contributed by atoms with E-state index in [9.17, 15) is 0 Å². The second-order valence-electron chi connectivity index (χ2n) is 6.26. The van der Waals surface area contributed by atoms with Crippen molar-refractivity contribution >= 4 is 0 Å². The molecule has 110 valence electrons. The van der Waals surface area contributed by atoms with Gasteiger partial charge in [0.2, 0.25) is 0 Å². The minimum Gasteiger partial charge on any atom is -0.316 e. The zero-order valence-corrected chi connectivity index (χ0v) is 13.1. The molecule has 0 aromatic heterocycles. The quantitative estimate of drug-likeness (QED) is 0.868. The molecule has 0 aliphatic heterocycles. The number of hydrogen-bond acceptors (Lipinski definition) is 1. The molecule has 1 N–H and O–H groups in total. The Kier molecular flexibility index (Phi) is 4.40. The molecule has 0 fully saturated rings. The van der Waals surface area contributed by atoms with Crippen molar-refractivity contribution in [1.29, 1.82) is 0 Å². The maximum atomic E-state index is 3.52. The standard InChI is InChI=1S/C20H25N/c1-15(17-7-4-3-5-8-17)20(21-2)14-16-11-12-18-9-6-10-19(18)13-16/h3-5,7-8,11-13,15,20-21H,6,9-10,14H2,1-2H3. The summed E-state index contributed by atoms with van der Waals surface area (Å²) in [5.41, 5.74) is 6.03. The van der Waals surface area contributed by atoms with Gasteiger partial charge in [0, 0.05) is 6.04 Å². The molecule has 2 atom stereocenters. The summed E-state index contributed by atoms with van der Waals surface area (Å²) in [4.78, 5) is 0. The van der Waals surface area contributed by atoms with Crippen molar-refractivity contribution in [1.82, 2.24) is 5.32 Å². The van der Waals surface area contributed by atoms with Gasteiger partial charge in [0.05, 0.1) is 0 Å². The first kappa shape index (κ1) is 14.3. The summed E-state index contributed by atoms with van der Waals surface area (Å²) in [6.45, 7) is 2.32. The van der Waals surface area contributed by atoms with Crippen LogP contribution in [0.5, 0.6) is 0 Å². The van der Waals surface area contributed by atoms with Gasteiger partial charge < -0.3 is 5.32 Å². The summed E-state index contributed by atoms with van der Waals surface area (Å²) in [6, 6.07) is 18.4. The van der Waals surface area contributed by atoms with Crippen molar-refractivity contribution in [3.8, 4) is 0 Å². The molecule has 0 heterocycles. The van der Waals surface area contributed by atoms with Crippen LogP contribution in [0, 0.1) is 0 Å². The summed E-state index contributed by atoms with van der Waals surface area (Å²) < 4.78 is 0. The van der Waals surface area contributed by atoms with E-state index in [1.54, 1.807) is 11.1 Å². The van der Waals surface area contributed by atoms with Crippen molar-refractivity contribution in [2.75, 3.05) is 7.05 Å². The van der Waals surface area contributed by atoms with E-state index < -0.39 is 0 Å². The normalized spacial score (nSPS) is 16.5. The first-order valence-corrected chi connectivity index (χ1v) is 8.11. The van der Waals surface area contributed by atoms with Crippen molar-refractivity contribution < 1.29 is 0 Å². The third-order valence-corrected chi connectivity index (χ3v) is 4.92. The van der Waals surface area contributed by atoms with E-state index in [2.05, 4.69) is 67.8 Å². The summed E-state index contributed by atoms with van der Waals surface area (Å²) >= 11 is 0. The zero-order chi connectivity index (χ0) is 14.7. The van der Waals surface area contributed by atoms with Gasteiger partial charge >= 0.3 is 0 Å². The van der Waals surface area contributed by atoms with Crippen molar-refractivity contribution in [2.45, 2.75) is 44.6 Å². The van der Waals surface area contributed by atoms with Gasteiger partial charge in [-0.05, 0) is 60.9 Å². The van der Waals surface area contributed by atoms with Gasteiger partial charge in [-0.15, -0.1) is 0 Å². The zero-order valence-electron chi connectivity index (χ0n) is 13.1. The highest BCUT2D eigenvalue weighted by molar-refractivity contribution is 5.36. The molecule has 0 saturated heterocycles. The maximum absolute atomic E-state index is 3.52. The van der Waals surface area contributed by atoms with Crippen LogP contribution in [0.2, 0.25) is 0 Å². The topological polar surface area (TPSA) is 12.0 Å². The lowest BCUT2D eigenvalue weighted by atomic mass is 9.88. The number of rotatable bonds is 5. The number of likely N-dealkylation sites (N-methyl/N-ethyl adjacent to an activating group) is 1. The van der Waals surface area contributed by atoms with Gasteiger partial charge in [-0.1, -0.05) is 55.5 Å². The lowest BCUT2D eigenvalue weighted by molar-refractivity contribution is 0.483. The summed E-state index contributed by atoms with van der Waals surface area (Å²) in [7, 11) is 2.08. The summed E-state index contributed by atoms with van der Waals surface area (Å²) in [5.74, 6) is 0.518. The Balaban J connectivity index is 1.75. The predicted octanol–water partition coefficient (Wildman–Crippen LogP) is 4.11. The second kappa shape index (κ2) is 6.44. The molecule has 0 bridgehead atoms. The van der Waals surface area contributed by atoms with Crippen LogP contribution in [0.4, 0.5) is 0 Å². The fourth-order valence-electron chi connectivity index (χ4n) is 3.52. The molecule has 2 aromatic carbocycles. The molecule has 3 rings (SSSR count). The summed E-state index contributed by atoms with van der Waals surface area (Å²) in [6.07, 6.45) is 4.96. The molecular formula is C20H25N. The monoisotopic (exact) mass is 279 g/mol. The smallest absolute Gasteiger partial charge is 0.0170 e. The van der Waals surface area contributed by atoms with E-state index in [1.165, 1.54) is 30.4 Å². The fourth-order valence-corrected chi connectivity index (χ4v) is 3.52. The van der Waals surface area contributed by atoms with E-state index >= 15 is 0 Å². The molecule has 0 radical (unpaired) electrons. The number of benzene rings is 2. The van der Waals surface area contributed by atoms with Crippen LogP contribution >= 0.6 is 0 Å². The van der Waals surface area contributed by atoms with Crippen LogP contribution in [0.3, 0.4) is 0 Å². The molecular weight excluding hydrogens is 254 g/mol. The van der Waals surface area contributed by atoms with Crippen molar-refractivity contribution in [3.63, 3.8) is 0 Å². The molecule has 0 saturated carbocycles. The molecule has 21 heavy (non-hydrogen) atoms. The Morgan fingerprint density at radius 1 is 1.00 bits per heavy atom. The van der Waals surface area contributed by atoms with Crippen LogP contribution in [0.15, 0.2) is 48.5 Å². The van der Waals surface area contributed by atoms with Gasteiger partial charge in [0.15, 0.2) is 0 Å². The SMILES string of the molecule is CNC(Cc1ccc2c(c1)CCC2)C(C)c1ccccc1. The Labute approximate surface area is 128 Å². The first-order chi connectivity index (χ1) is 10.3.